The number of rotatable bonds is 11. The van der Waals surface area contributed by atoms with Gasteiger partial charge in [-0.3, -0.25) is 4.79 Å². The summed E-state index contributed by atoms with van der Waals surface area (Å²) in [5, 5.41) is 5.76. The Balaban J connectivity index is 1.57. The fourth-order valence-electron chi connectivity index (χ4n) is 3.58. The number of nitrogens with zero attached hydrogens (tertiary/aromatic N) is 2. The fraction of sp³-hybridized carbons (Fsp3) is 0.357. The van der Waals surface area contributed by atoms with E-state index in [9.17, 15) is 9.59 Å². The highest BCUT2D eigenvalue weighted by molar-refractivity contribution is 5.86. The Morgan fingerprint density at radius 3 is 2.46 bits per heavy atom. The molecule has 1 aromatic heterocycles. The number of ether oxygens (including phenoxy) is 3. The summed E-state index contributed by atoms with van der Waals surface area (Å²) in [7, 11) is 3.23. The third-order valence-corrected chi connectivity index (χ3v) is 5.25. The third-order valence-electron chi connectivity index (χ3n) is 5.25. The number of benzene rings is 2. The molecule has 0 fully saturated rings. The van der Waals surface area contributed by atoms with Crippen molar-refractivity contribution in [2.45, 2.75) is 39.2 Å². The van der Waals surface area contributed by atoms with E-state index < -0.39 is 11.7 Å². The zero-order valence-corrected chi connectivity index (χ0v) is 22.0. The van der Waals surface area contributed by atoms with Crippen molar-refractivity contribution in [3.05, 3.63) is 65.9 Å². The molecule has 3 rings (SSSR count). The van der Waals surface area contributed by atoms with Crippen LogP contribution in [0.25, 0.3) is 11.3 Å². The molecule has 0 saturated heterocycles. The predicted octanol–water partition coefficient (Wildman–Crippen LogP) is 4.45. The van der Waals surface area contributed by atoms with E-state index in [1.54, 1.807) is 41.2 Å². The number of hydrogen-bond acceptors (Lipinski definition) is 8. The van der Waals surface area contributed by atoms with Crippen molar-refractivity contribution in [1.82, 2.24) is 15.3 Å². The molecule has 0 unspecified atom stereocenters. The second kappa shape index (κ2) is 12.7. The van der Waals surface area contributed by atoms with Crippen molar-refractivity contribution >= 4 is 17.8 Å². The smallest absolute Gasteiger partial charge is 0.408 e. The Hall–Kier alpha value is -4.14. The number of Topliss-reactive ketones (excluding diaryl/α,β-unsaturated/α-hetero) is 1. The first-order valence-corrected chi connectivity index (χ1v) is 12.0. The molecule has 196 valence electrons. The van der Waals surface area contributed by atoms with Gasteiger partial charge in [-0.2, -0.15) is 0 Å². The van der Waals surface area contributed by atoms with E-state index in [0.29, 0.717) is 24.0 Å². The highest BCUT2D eigenvalue weighted by Crippen LogP contribution is 2.27. The monoisotopic (exact) mass is 506 g/mol. The zero-order valence-electron chi connectivity index (χ0n) is 22.0. The van der Waals surface area contributed by atoms with Gasteiger partial charge in [0.1, 0.15) is 5.60 Å². The molecule has 0 aliphatic carbocycles. The van der Waals surface area contributed by atoms with Gasteiger partial charge in [-0.15, -0.1) is 0 Å². The maximum atomic E-state index is 12.4. The maximum absolute atomic E-state index is 12.4. The Bertz CT molecular complexity index is 1220. The first-order chi connectivity index (χ1) is 17.7. The second-order valence-corrected chi connectivity index (χ2v) is 9.40. The van der Waals surface area contributed by atoms with Crippen LogP contribution in [0.15, 0.2) is 54.7 Å². The fourth-order valence-corrected chi connectivity index (χ4v) is 3.58. The van der Waals surface area contributed by atoms with Gasteiger partial charge in [0, 0.05) is 24.7 Å². The molecule has 0 atom stereocenters. The molecule has 2 N–H and O–H groups in total. The van der Waals surface area contributed by atoms with Gasteiger partial charge in [-0.1, -0.05) is 24.3 Å². The van der Waals surface area contributed by atoms with Crippen LogP contribution >= 0.6 is 0 Å². The van der Waals surface area contributed by atoms with Crippen LogP contribution in [0.3, 0.4) is 0 Å². The van der Waals surface area contributed by atoms with Gasteiger partial charge in [-0.05, 0) is 62.6 Å². The number of nitrogens with one attached hydrogen (secondary N) is 2. The summed E-state index contributed by atoms with van der Waals surface area (Å²) in [6.45, 7) is 5.85. The van der Waals surface area contributed by atoms with Gasteiger partial charge in [-0.25, -0.2) is 14.8 Å². The standard InChI is InChI=1S/C28H34N4O5/c1-28(2,3)37-27(34)31-18-22(33)16-20-7-6-8-21(15-20)23-12-14-30-26(32-23)29-13-11-19-9-10-24(35-4)25(17-19)36-5/h6-10,12,14-15,17H,11,13,16,18H2,1-5H3,(H,31,34)(H,29,30,32). The number of alkyl carbamates (subject to hydrolysis) is 1. The molecule has 2 aromatic carbocycles. The van der Waals surface area contributed by atoms with Crippen LogP contribution in [0.4, 0.5) is 10.7 Å². The van der Waals surface area contributed by atoms with E-state index in [-0.39, 0.29) is 18.7 Å². The Morgan fingerprint density at radius 2 is 1.73 bits per heavy atom. The highest BCUT2D eigenvalue weighted by Gasteiger charge is 2.17. The first-order valence-electron chi connectivity index (χ1n) is 12.0. The Kier molecular flexibility index (Phi) is 9.43. The molecule has 9 nitrogen and oxygen atoms in total. The van der Waals surface area contributed by atoms with Crippen LogP contribution in [0.5, 0.6) is 11.5 Å². The van der Waals surface area contributed by atoms with E-state index in [4.69, 9.17) is 14.2 Å². The molecule has 0 radical (unpaired) electrons. The Labute approximate surface area is 217 Å². The van der Waals surface area contributed by atoms with Crippen molar-refractivity contribution in [1.29, 1.82) is 0 Å². The molecule has 0 bridgehead atoms. The van der Waals surface area contributed by atoms with Crippen molar-refractivity contribution in [3.8, 4) is 22.8 Å². The number of amides is 1. The minimum Gasteiger partial charge on any atom is -0.493 e. The number of aromatic nitrogens is 2. The number of hydrogen-bond donors (Lipinski definition) is 2. The SMILES string of the molecule is COc1ccc(CCNc2nccc(-c3cccc(CC(=O)CNC(=O)OC(C)(C)C)c3)n2)cc1OC. The van der Waals surface area contributed by atoms with Gasteiger partial charge >= 0.3 is 6.09 Å². The van der Waals surface area contributed by atoms with Crippen molar-refractivity contribution < 1.29 is 23.8 Å². The molecule has 0 saturated carbocycles. The Morgan fingerprint density at radius 1 is 0.946 bits per heavy atom. The lowest BCUT2D eigenvalue weighted by molar-refractivity contribution is -0.117. The van der Waals surface area contributed by atoms with Gasteiger partial charge in [0.25, 0.3) is 0 Å². The minimum absolute atomic E-state index is 0.0964. The minimum atomic E-state index is -0.615. The van der Waals surface area contributed by atoms with Crippen LogP contribution in [0, 0.1) is 0 Å². The third kappa shape index (κ3) is 8.79. The summed E-state index contributed by atoms with van der Waals surface area (Å²) in [4.78, 5) is 33.1. The summed E-state index contributed by atoms with van der Waals surface area (Å²) in [6, 6.07) is 15.3. The van der Waals surface area contributed by atoms with Crippen molar-refractivity contribution in [3.63, 3.8) is 0 Å². The summed E-state index contributed by atoms with van der Waals surface area (Å²) >= 11 is 0. The summed E-state index contributed by atoms with van der Waals surface area (Å²) < 4.78 is 15.8. The van der Waals surface area contributed by atoms with Gasteiger partial charge in [0.15, 0.2) is 17.3 Å². The number of methoxy groups -OCH3 is 2. The zero-order chi connectivity index (χ0) is 26.8. The molecule has 1 heterocycles. The molecule has 0 spiro atoms. The van der Waals surface area contributed by atoms with Gasteiger partial charge in [0.2, 0.25) is 5.95 Å². The number of carbonyl (C=O) groups excluding carboxylic acids is 2. The molecule has 0 aliphatic rings. The second-order valence-electron chi connectivity index (χ2n) is 9.40. The van der Waals surface area contributed by atoms with E-state index in [0.717, 1.165) is 28.8 Å². The normalized spacial score (nSPS) is 10.9. The summed E-state index contributed by atoms with van der Waals surface area (Å²) in [6.07, 6.45) is 2.03. The van der Waals surface area contributed by atoms with Crippen molar-refractivity contribution in [2.75, 3.05) is 32.6 Å². The number of ketones is 1. The van der Waals surface area contributed by atoms with Gasteiger partial charge < -0.3 is 24.8 Å². The lowest BCUT2D eigenvalue weighted by Crippen LogP contribution is -2.35. The van der Waals surface area contributed by atoms with Gasteiger partial charge in [0.05, 0.1) is 26.5 Å². The van der Waals surface area contributed by atoms with Crippen LogP contribution < -0.4 is 20.1 Å². The van der Waals surface area contributed by atoms with Crippen LogP contribution in [-0.4, -0.2) is 54.8 Å². The van der Waals surface area contributed by atoms with Crippen LogP contribution in [0.2, 0.25) is 0 Å². The lowest BCUT2D eigenvalue weighted by atomic mass is 10.0. The largest absolute Gasteiger partial charge is 0.493 e. The molecule has 1 amide bonds. The van der Waals surface area contributed by atoms with E-state index >= 15 is 0 Å². The number of carbonyl (C=O) groups is 2. The first kappa shape index (κ1) is 27.4. The van der Waals surface area contributed by atoms with Crippen LogP contribution in [0.1, 0.15) is 31.9 Å². The number of anilines is 1. The summed E-state index contributed by atoms with van der Waals surface area (Å²) in [5.74, 6) is 1.78. The molecule has 9 heteroatoms. The summed E-state index contributed by atoms with van der Waals surface area (Å²) in [5.41, 5.74) is 2.92. The average Bonchev–Trinajstić information content (AvgIpc) is 2.87. The molecule has 37 heavy (non-hydrogen) atoms. The lowest BCUT2D eigenvalue weighted by Gasteiger charge is -2.19. The molecular formula is C28H34N4O5. The van der Waals surface area contributed by atoms with E-state index in [2.05, 4.69) is 20.6 Å². The molecule has 3 aromatic rings. The molecule has 0 aliphatic heterocycles. The van der Waals surface area contributed by atoms with Crippen LogP contribution in [-0.2, 0) is 22.4 Å². The maximum Gasteiger partial charge on any atom is 0.408 e. The topological polar surface area (TPSA) is 112 Å². The predicted molar refractivity (Wildman–Crippen MR) is 142 cm³/mol. The van der Waals surface area contributed by atoms with Crippen molar-refractivity contribution in [2.24, 2.45) is 0 Å². The average molecular weight is 507 g/mol. The quantitative estimate of drug-likeness (QED) is 0.392. The highest BCUT2D eigenvalue weighted by atomic mass is 16.6. The van der Waals surface area contributed by atoms with E-state index in [1.807, 2.05) is 48.5 Å². The van der Waals surface area contributed by atoms with E-state index in [1.165, 1.54) is 0 Å². The molecular weight excluding hydrogens is 472 g/mol.